The molecule has 0 saturated heterocycles. The predicted molar refractivity (Wildman–Crippen MR) is 125 cm³/mol. The lowest BCUT2D eigenvalue weighted by atomic mass is 10.2. The molecule has 0 bridgehead atoms. The molecule has 0 atom stereocenters. The van der Waals surface area contributed by atoms with E-state index in [1.807, 2.05) is 13.8 Å². The van der Waals surface area contributed by atoms with Gasteiger partial charge in [-0.15, -0.1) is 0 Å². The highest BCUT2D eigenvalue weighted by molar-refractivity contribution is 7.87. The third kappa shape index (κ3) is 9.70. The van der Waals surface area contributed by atoms with Crippen molar-refractivity contribution in [1.82, 2.24) is 10.3 Å². The first kappa shape index (κ1) is 29.5. The number of nitrogens with one attached hydrogen (secondary N) is 1. The number of aromatic nitrogens is 1. The van der Waals surface area contributed by atoms with E-state index in [0.717, 1.165) is 0 Å². The Morgan fingerprint density at radius 3 is 2.53 bits per heavy atom. The van der Waals surface area contributed by atoms with Gasteiger partial charge in [0.25, 0.3) is 0 Å². The summed E-state index contributed by atoms with van der Waals surface area (Å²) in [6.45, 7) is 3.91. The van der Waals surface area contributed by atoms with Gasteiger partial charge in [-0.25, -0.2) is 9.78 Å². The number of amides is 1. The Morgan fingerprint density at radius 1 is 1.19 bits per heavy atom. The fraction of sp³-hybridized carbons (Fsp3) is 0.455. The Balaban J connectivity index is 2.21. The molecule has 0 aliphatic rings. The summed E-state index contributed by atoms with van der Waals surface area (Å²) in [5.41, 5.74) is -0.747. The highest BCUT2D eigenvalue weighted by Gasteiger charge is 2.32. The van der Waals surface area contributed by atoms with Crippen LogP contribution in [0.4, 0.5) is 18.0 Å². The van der Waals surface area contributed by atoms with Gasteiger partial charge < -0.3 is 23.7 Å². The van der Waals surface area contributed by atoms with Crippen molar-refractivity contribution in [2.45, 2.75) is 33.0 Å². The highest BCUT2D eigenvalue weighted by atomic mass is 35.5. The molecular weight excluding hydrogens is 529 g/mol. The van der Waals surface area contributed by atoms with Gasteiger partial charge in [-0.3, -0.25) is 0 Å². The minimum atomic E-state index is -4.64. The Labute approximate surface area is 212 Å². The number of carbonyl (C=O) groups is 1. The number of rotatable bonds is 12. The lowest BCUT2D eigenvalue weighted by Crippen LogP contribution is -2.28. The van der Waals surface area contributed by atoms with E-state index in [4.69, 9.17) is 25.8 Å². The standard InChI is InChI=1S/C22H26ClF3N2O7S/c1-14(2)6-9-36(30,31)35-21(29)28-12-15-4-5-17(33-8-7-32-3)11-19(15)34-20-18(23)10-16(13-27-20)22(24,25)26/h4-5,10-11,13-14H,6-9,12H2,1-3H3,(H,28,29). The van der Waals surface area contributed by atoms with Crippen molar-refractivity contribution >= 4 is 27.8 Å². The van der Waals surface area contributed by atoms with Gasteiger partial charge in [0.1, 0.15) is 23.1 Å². The molecule has 0 fully saturated rings. The molecule has 2 rings (SSSR count). The van der Waals surface area contributed by atoms with Crippen molar-refractivity contribution in [1.29, 1.82) is 0 Å². The normalized spacial score (nSPS) is 11.9. The molecule has 0 aliphatic carbocycles. The lowest BCUT2D eigenvalue weighted by Gasteiger charge is -2.15. The van der Waals surface area contributed by atoms with Crippen LogP contribution in [-0.2, 0) is 31.8 Å². The van der Waals surface area contributed by atoms with Crippen LogP contribution in [0.2, 0.25) is 5.02 Å². The van der Waals surface area contributed by atoms with Crippen molar-refractivity contribution in [2.24, 2.45) is 5.92 Å². The van der Waals surface area contributed by atoms with Gasteiger partial charge in [-0.2, -0.15) is 21.6 Å². The van der Waals surface area contributed by atoms with Gasteiger partial charge in [0.2, 0.25) is 5.88 Å². The molecule has 2 aromatic rings. The van der Waals surface area contributed by atoms with E-state index in [9.17, 15) is 26.4 Å². The van der Waals surface area contributed by atoms with Crippen LogP contribution in [0.3, 0.4) is 0 Å². The van der Waals surface area contributed by atoms with Crippen molar-refractivity contribution < 1.29 is 44.8 Å². The van der Waals surface area contributed by atoms with Crippen LogP contribution in [0.1, 0.15) is 31.4 Å². The van der Waals surface area contributed by atoms with Crippen LogP contribution >= 0.6 is 11.6 Å². The van der Waals surface area contributed by atoms with Crippen LogP contribution in [0, 0.1) is 5.92 Å². The van der Waals surface area contributed by atoms with E-state index < -0.39 is 33.0 Å². The highest BCUT2D eigenvalue weighted by Crippen LogP contribution is 2.36. The molecule has 0 aliphatic heterocycles. The third-order valence-electron chi connectivity index (χ3n) is 4.51. The van der Waals surface area contributed by atoms with Crippen LogP contribution in [0.25, 0.3) is 0 Å². The minimum absolute atomic E-state index is 0.0436. The number of pyridine rings is 1. The molecule has 0 saturated carbocycles. The van der Waals surface area contributed by atoms with E-state index in [1.54, 1.807) is 6.07 Å². The summed E-state index contributed by atoms with van der Waals surface area (Å²) in [6, 6.07) is 5.13. The van der Waals surface area contributed by atoms with Crippen LogP contribution in [0.5, 0.6) is 17.4 Å². The number of ether oxygens (including phenoxy) is 3. The van der Waals surface area contributed by atoms with E-state index in [-0.39, 0.29) is 36.5 Å². The molecule has 1 amide bonds. The number of halogens is 4. The second kappa shape index (κ2) is 13.0. The lowest BCUT2D eigenvalue weighted by molar-refractivity contribution is -0.137. The molecule has 1 aromatic carbocycles. The van der Waals surface area contributed by atoms with Crippen molar-refractivity contribution in [3.63, 3.8) is 0 Å². The van der Waals surface area contributed by atoms with Crippen molar-refractivity contribution in [3.8, 4) is 17.4 Å². The fourth-order valence-corrected chi connectivity index (χ4v) is 3.94. The summed E-state index contributed by atoms with van der Waals surface area (Å²) in [7, 11) is -2.58. The number of carbonyl (C=O) groups excluding carboxylic acids is 1. The van der Waals surface area contributed by atoms with Crippen molar-refractivity contribution in [3.05, 3.63) is 46.6 Å². The maximum absolute atomic E-state index is 12.9. The maximum atomic E-state index is 12.9. The molecule has 36 heavy (non-hydrogen) atoms. The summed E-state index contributed by atoms with van der Waals surface area (Å²) in [5.74, 6) is -0.173. The minimum Gasteiger partial charge on any atom is -0.491 e. The van der Waals surface area contributed by atoms with Gasteiger partial charge in [0, 0.05) is 31.5 Å². The largest absolute Gasteiger partial charge is 0.491 e. The number of hydrogen-bond acceptors (Lipinski definition) is 8. The molecular formula is C22H26ClF3N2O7S. The molecule has 1 heterocycles. The summed E-state index contributed by atoms with van der Waals surface area (Å²) in [6.07, 6.45) is -4.96. The second-order valence-electron chi connectivity index (χ2n) is 7.89. The van der Waals surface area contributed by atoms with Crippen LogP contribution < -0.4 is 14.8 Å². The van der Waals surface area contributed by atoms with E-state index >= 15 is 0 Å². The zero-order valence-electron chi connectivity index (χ0n) is 19.7. The van der Waals surface area contributed by atoms with Crippen LogP contribution in [0.15, 0.2) is 30.5 Å². The topological polar surface area (TPSA) is 113 Å². The molecule has 14 heteroatoms. The summed E-state index contributed by atoms with van der Waals surface area (Å²) in [4.78, 5) is 15.7. The second-order valence-corrected chi connectivity index (χ2v) is 9.99. The maximum Gasteiger partial charge on any atom is 0.423 e. The first-order valence-corrected chi connectivity index (χ1v) is 12.6. The quantitative estimate of drug-likeness (QED) is 0.282. The zero-order chi connectivity index (χ0) is 26.9. The van der Waals surface area contributed by atoms with Gasteiger partial charge >= 0.3 is 22.4 Å². The van der Waals surface area contributed by atoms with Crippen molar-refractivity contribution in [2.75, 3.05) is 26.1 Å². The first-order chi connectivity index (χ1) is 16.8. The fourth-order valence-electron chi connectivity index (χ4n) is 2.60. The van der Waals surface area contributed by atoms with Gasteiger partial charge in [-0.05, 0) is 30.5 Å². The average molecular weight is 555 g/mol. The number of nitrogens with zero attached hydrogens (tertiary/aromatic N) is 1. The first-order valence-electron chi connectivity index (χ1n) is 10.7. The zero-order valence-corrected chi connectivity index (χ0v) is 21.3. The smallest absolute Gasteiger partial charge is 0.423 e. The Bertz CT molecular complexity index is 1140. The number of alkyl halides is 3. The Hall–Kier alpha value is -2.77. The molecule has 0 unspecified atom stereocenters. The van der Waals surface area contributed by atoms with Gasteiger partial charge in [-0.1, -0.05) is 25.4 Å². The number of benzene rings is 1. The Morgan fingerprint density at radius 2 is 1.92 bits per heavy atom. The van der Waals surface area contributed by atoms with E-state index in [1.165, 1.54) is 19.2 Å². The average Bonchev–Trinajstić information content (AvgIpc) is 2.78. The molecule has 0 radical (unpaired) electrons. The number of hydrogen-bond donors (Lipinski definition) is 1. The third-order valence-corrected chi connectivity index (χ3v) is 5.92. The molecule has 1 aromatic heterocycles. The molecule has 9 nitrogen and oxygen atoms in total. The van der Waals surface area contributed by atoms with Gasteiger partial charge in [0.15, 0.2) is 0 Å². The summed E-state index contributed by atoms with van der Waals surface area (Å²) < 4.78 is 83.2. The monoisotopic (exact) mass is 554 g/mol. The predicted octanol–water partition coefficient (Wildman–Crippen LogP) is 5.17. The van der Waals surface area contributed by atoms with E-state index in [0.29, 0.717) is 36.6 Å². The number of methoxy groups -OCH3 is 1. The molecule has 1 N–H and O–H groups in total. The summed E-state index contributed by atoms with van der Waals surface area (Å²) >= 11 is 5.94. The van der Waals surface area contributed by atoms with Crippen LogP contribution in [-0.4, -0.2) is 45.6 Å². The SMILES string of the molecule is COCCOc1ccc(CNC(=O)OS(=O)(=O)CCC(C)C)c(Oc2ncc(C(F)(F)F)cc2Cl)c1. The summed E-state index contributed by atoms with van der Waals surface area (Å²) in [5, 5.41) is 1.90. The molecule has 200 valence electrons. The Kier molecular flexibility index (Phi) is 10.6. The van der Waals surface area contributed by atoms with Gasteiger partial charge in [0.05, 0.1) is 17.9 Å². The van der Waals surface area contributed by atoms with E-state index in [2.05, 4.69) is 14.5 Å². The molecule has 0 spiro atoms.